The zero-order chi connectivity index (χ0) is 12.5. The fourth-order valence-corrected chi connectivity index (χ4v) is 3.42. The van der Waals surface area contributed by atoms with Gasteiger partial charge in [0.2, 0.25) is 0 Å². The highest BCUT2D eigenvalue weighted by Crippen LogP contribution is 2.50. The Kier molecular flexibility index (Phi) is 3.74. The minimum absolute atomic E-state index is 0.111. The monoisotopic (exact) mass is 255 g/mol. The first-order valence-corrected chi connectivity index (χ1v) is 6.59. The Bertz CT molecular complexity index is 399. The molecule has 0 bridgehead atoms. The number of halogens is 2. The third kappa shape index (κ3) is 2.34. The van der Waals surface area contributed by atoms with Gasteiger partial charge in [0.1, 0.15) is 5.82 Å². The van der Waals surface area contributed by atoms with E-state index in [1.165, 1.54) is 18.6 Å². The van der Waals surface area contributed by atoms with Crippen LogP contribution in [-0.2, 0) is 5.41 Å². The Morgan fingerprint density at radius 2 is 2.18 bits per heavy atom. The Balaban J connectivity index is 2.28. The summed E-state index contributed by atoms with van der Waals surface area (Å²) in [5.74, 6) is 0.522. The SMILES string of the molecule is CCC1CC(CNC)(c2ccc(F)cc2Cl)C1. The van der Waals surface area contributed by atoms with Gasteiger partial charge in [0.25, 0.3) is 0 Å². The molecule has 3 heteroatoms. The molecule has 0 aromatic heterocycles. The molecule has 2 rings (SSSR count). The Hall–Kier alpha value is -0.600. The highest BCUT2D eigenvalue weighted by molar-refractivity contribution is 6.31. The Labute approximate surface area is 107 Å². The van der Waals surface area contributed by atoms with Crippen molar-refractivity contribution in [3.05, 3.63) is 34.6 Å². The molecule has 1 aliphatic carbocycles. The molecule has 0 atom stereocenters. The van der Waals surface area contributed by atoms with Crippen LogP contribution in [0.4, 0.5) is 4.39 Å². The Morgan fingerprint density at radius 1 is 1.47 bits per heavy atom. The summed E-state index contributed by atoms with van der Waals surface area (Å²) in [6.07, 6.45) is 3.51. The molecule has 1 fully saturated rings. The summed E-state index contributed by atoms with van der Waals surface area (Å²) in [5, 5.41) is 3.81. The summed E-state index contributed by atoms with van der Waals surface area (Å²) < 4.78 is 13.1. The van der Waals surface area contributed by atoms with E-state index in [1.54, 1.807) is 0 Å². The third-order valence-electron chi connectivity index (χ3n) is 3.95. The van der Waals surface area contributed by atoms with Crippen LogP contribution in [0, 0.1) is 11.7 Å². The van der Waals surface area contributed by atoms with E-state index >= 15 is 0 Å². The number of likely N-dealkylation sites (N-methyl/N-ethyl adjacent to an activating group) is 1. The van der Waals surface area contributed by atoms with Gasteiger partial charge < -0.3 is 5.32 Å². The van der Waals surface area contributed by atoms with Gasteiger partial charge in [0.15, 0.2) is 0 Å². The molecule has 94 valence electrons. The molecular formula is C14H19ClFN. The van der Waals surface area contributed by atoms with E-state index in [4.69, 9.17) is 11.6 Å². The normalized spacial score (nSPS) is 27.9. The zero-order valence-electron chi connectivity index (χ0n) is 10.4. The van der Waals surface area contributed by atoms with Crippen molar-refractivity contribution in [1.82, 2.24) is 5.32 Å². The number of rotatable bonds is 4. The lowest BCUT2D eigenvalue weighted by Gasteiger charge is -2.48. The molecule has 1 saturated carbocycles. The fourth-order valence-electron chi connectivity index (χ4n) is 3.05. The van der Waals surface area contributed by atoms with Gasteiger partial charge in [0, 0.05) is 17.0 Å². The van der Waals surface area contributed by atoms with Gasteiger partial charge in [-0.15, -0.1) is 0 Å². The average molecular weight is 256 g/mol. The first-order valence-electron chi connectivity index (χ1n) is 6.21. The van der Waals surface area contributed by atoms with Crippen LogP contribution in [0.3, 0.4) is 0 Å². The molecule has 0 amide bonds. The van der Waals surface area contributed by atoms with Gasteiger partial charge in [-0.2, -0.15) is 0 Å². The van der Waals surface area contributed by atoms with Crippen molar-refractivity contribution < 1.29 is 4.39 Å². The van der Waals surface area contributed by atoms with Gasteiger partial charge in [-0.05, 0) is 43.5 Å². The summed E-state index contributed by atoms with van der Waals surface area (Å²) in [5.41, 5.74) is 1.21. The molecule has 1 N–H and O–H groups in total. The zero-order valence-corrected chi connectivity index (χ0v) is 11.1. The van der Waals surface area contributed by atoms with E-state index in [-0.39, 0.29) is 11.2 Å². The predicted molar refractivity (Wildman–Crippen MR) is 70.0 cm³/mol. The molecule has 17 heavy (non-hydrogen) atoms. The summed E-state index contributed by atoms with van der Waals surface area (Å²) >= 11 is 6.19. The molecule has 1 aromatic carbocycles. The van der Waals surface area contributed by atoms with Crippen molar-refractivity contribution in [2.24, 2.45) is 5.92 Å². The lowest BCUT2D eigenvalue weighted by Crippen LogP contribution is -2.48. The molecular weight excluding hydrogens is 237 g/mol. The lowest BCUT2D eigenvalue weighted by atomic mass is 9.58. The summed E-state index contributed by atoms with van der Waals surface area (Å²) in [4.78, 5) is 0. The molecule has 0 radical (unpaired) electrons. The number of hydrogen-bond acceptors (Lipinski definition) is 1. The first-order chi connectivity index (χ1) is 8.11. The maximum absolute atomic E-state index is 13.1. The summed E-state index contributed by atoms with van der Waals surface area (Å²) in [7, 11) is 1.96. The van der Waals surface area contributed by atoms with Gasteiger partial charge in [-0.3, -0.25) is 0 Å². The van der Waals surface area contributed by atoms with Crippen LogP contribution in [0.15, 0.2) is 18.2 Å². The smallest absolute Gasteiger partial charge is 0.124 e. The van der Waals surface area contributed by atoms with Crippen molar-refractivity contribution >= 4 is 11.6 Å². The molecule has 0 spiro atoms. The van der Waals surface area contributed by atoms with Crippen molar-refractivity contribution in [1.29, 1.82) is 0 Å². The predicted octanol–water partition coefficient (Wildman–Crippen LogP) is 3.76. The highest BCUT2D eigenvalue weighted by Gasteiger charge is 2.45. The number of hydrogen-bond donors (Lipinski definition) is 1. The van der Waals surface area contributed by atoms with Gasteiger partial charge in [-0.25, -0.2) is 4.39 Å². The van der Waals surface area contributed by atoms with Crippen molar-refractivity contribution in [3.63, 3.8) is 0 Å². The van der Waals surface area contributed by atoms with Crippen LogP contribution in [0.5, 0.6) is 0 Å². The van der Waals surface area contributed by atoms with E-state index in [1.807, 2.05) is 13.1 Å². The van der Waals surface area contributed by atoms with Crippen LogP contribution >= 0.6 is 11.6 Å². The molecule has 0 unspecified atom stereocenters. The third-order valence-corrected chi connectivity index (χ3v) is 4.27. The number of nitrogens with one attached hydrogen (secondary N) is 1. The van der Waals surface area contributed by atoms with E-state index in [0.717, 1.165) is 30.9 Å². The van der Waals surface area contributed by atoms with Crippen molar-refractivity contribution in [2.75, 3.05) is 13.6 Å². The van der Waals surface area contributed by atoms with Gasteiger partial charge in [0.05, 0.1) is 0 Å². The van der Waals surface area contributed by atoms with E-state index < -0.39 is 0 Å². The van der Waals surface area contributed by atoms with E-state index in [2.05, 4.69) is 12.2 Å². The molecule has 1 aromatic rings. The molecule has 0 heterocycles. The Morgan fingerprint density at radius 3 is 2.71 bits per heavy atom. The van der Waals surface area contributed by atoms with Gasteiger partial charge >= 0.3 is 0 Å². The van der Waals surface area contributed by atoms with E-state index in [0.29, 0.717) is 5.02 Å². The lowest BCUT2D eigenvalue weighted by molar-refractivity contribution is 0.136. The van der Waals surface area contributed by atoms with Crippen LogP contribution in [-0.4, -0.2) is 13.6 Å². The van der Waals surface area contributed by atoms with Crippen LogP contribution in [0.25, 0.3) is 0 Å². The number of benzene rings is 1. The second kappa shape index (κ2) is 4.95. The van der Waals surface area contributed by atoms with Crippen LogP contribution in [0.2, 0.25) is 5.02 Å². The highest BCUT2D eigenvalue weighted by atomic mass is 35.5. The fraction of sp³-hybridized carbons (Fsp3) is 0.571. The van der Waals surface area contributed by atoms with Crippen molar-refractivity contribution in [3.8, 4) is 0 Å². The van der Waals surface area contributed by atoms with Gasteiger partial charge in [-0.1, -0.05) is 31.0 Å². The van der Waals surface area contributed by atoms with Crippen LogP contribution in [0.1, 0.15) is 31.7 Å². The maximum atomic E-state index is 13.1. The minimum atomic E-state index is -0.260. The first kappa shape index (κ1) is 12.8. The standard InChI is InChI=1S/C14H19ClFN/c1-3-10-7-14(8-10,9-17-2)12-5-4-11(16)6-13(12)15/h4-6,10,17H,3,7-9H2,1-2H3. The molecule has 0 aliphatic heterocycles. The maximum Gasteiger partial charge on any atom is 0.124 e. The second-order valence-electron chi connectivity index (χ2n) is 5.12. The minimum Gasteiger partial charge on any atom is -0.319 e. The molecule has 1 aliphatic rings. The molecule has 0 saturated heterocycles. The van der Waals surface area contributed by atoms with Crippen molar-refractivity contribution in [2.45, 2.75) is 31.6 Å². The second-order valence-corrected chi connectivity index (χ2v) is 5.52. The topological polar surface area (TPSA) is 12.0 Å². The van der Waals surface area contributed by atoms with Crippen LogP contribution < -0.4 is 5.32 Å². The molecule has 1 nitrogen and oxygen atoms in total. The summed E-state index contributed by atoms with van der Waals surface area (Å²) in [6.45, 7) is 3.13. The largest absolute Gasteiger partial charge is 0.319 e. The average Bonchev–Trinajstić information content (AvgIpc) is 2.23. The van der Waals surface area contributed by atoms with E-state index in [9.17, 15) is 4.39 Å². The summed E-state index contributed by atoms with van der Waals surface area (Å²) in [6, 6.07) is 4.78. The quantitative estimate of drug-likeness (QED) is 0.864.